The van der Waals surface area contributed by atoms with Gasteiger partial charge in [0.1, 0.15) is 0 Å². The summed E-state index contributed by atoms with van der Waals surface area (Å²) in [6.45, 7) is 1.76. The predicted octanol–water partition coefficient (Wildman–Crippen LogP) is 2.49. The summed E-state index contributed by atoms with van der Waals surface area (Å²) in [6, 6.07) is 4.66. The van der Waals surface area contributed by atoms with Crippen molar-refractivity contribution in [2.45, 2.75) is 6.92 Å². The number of thiol groups is 1. The molecule has 0 fully saturated rings. The van der Waals surface area contributed by atoms with Gasteiger partial charge in [-0.15, -0.1) is 0 Å². The van der Waals surface area contributed by atoms with E-state index >= 15 is 0 Å². The van der Waals surface area contributed by atoms with Crippen LogP contribution < -0.4 is 4.74 Å². The summed E-state index contributed by atoms with van der Waals surface area (Å²) < 4.78 is 21.6. The molecule has 0 saturated heterocycles. The second-order valence-corrected chi connectivity index (χ2v) is 2.73. The minimum absolute atomic E-state index is 0.232. The lowest BCUT2D eigenvalue weighted by atomic mass is 10.1. The predicted molar refractivity (Wildman–Crippen MR) is 54.1 cm³/mol. The van der Waals surface area contributed by atoms with E-state index < -0.39 is 5.82 Å². The molecule has 0 aliphatic carbocycles. The molecule has 4 heteroatoms. The quantitative estimate of drug-likeness (QED) is 0.573. The maximum Gasteiger partial charge on any atom is 0.165 e. The maximum absolute atomic E-state index is 13.1. The second kappa shape index (κ2) is 4.28. The highest BCUT2D eigenvalue weighted by atomic mass is 32.1. The summed E-state index contributed by atoms with van der Waals surface area (Å²) in [5.41, 5.74) is 1.37. The first-order chi connectivity index (χ1) is 6.19. The first-order valence-electron chi connectivity index (χ1n) is 3.71. The lowest BCUT2D eigenvalue weighted by Gasteiger charge is -2.03. The average molecular weight is 199 g/mol. The van der Waals surface area contributed by atoms with E-state index in [0.29, 0.717) is 11.3 Å². The van der Waals surface area contributed by atoms with Crippen LogP contribution in [-0.2, 0) is 0 Å². The Morgan fingerprint density at radius 1 is 1.54 bits per heavy atom. The van der Waals surface area contributed by atoms with Gasteiger partial charge in [0.15, 0.2) is 11.6 Å². The van der Waals surface area contributed by atoms with Crippen molar-refractivity contribution >= 4 is 18.5 Å². The molecular formula is C9H10FNOS. The van der Waals surface area contributed by atoms with Crippen molar-refractivity contribution in [3.8, 4) is 5.75 Å². The zero-order valence-corrected chi connectivity index (χ0v) is 8.31. The van der Waals surface area contributed by atoms with Gasteiger partial charge in [0.2, 0.25) is 0 Å². The van der Waals surface area contributed by atoms with E-state index in [-0.39, 0.29) is 5.75 Å². The third-order valence-corrected chi connectivity index (χ3v) is 2.02. The Morgan fingerprint density at radius 2 is 2.23 bits per heavy atom. The number of hydrogen-bond donors (Lipinski definition) is 1. The van der Waals surface area contributed by atoms with E-state index in [0.717, 1.165) is 0 Å². The van der Waals surface area contributed by atoms with Crippen molar-refractivity contribution in [1.82, 2.24) is 0 Å². The lowest BCUT2D eigenvalue weighted by molar-refractivity contribution is 0.386. The summed E-state index contributed by atoms with van der Waals surface area (Å²) in [6.07, 6.45) is 0. The number of methoxy groups -OCH3 is 1. The molecule has 0 atom stereocenters. The summed E-state index contributed by atoms with van der Waals surface area (Å²) in [4.78, 5) is 0. The summed E-state index contributed by atoms with van der Waals surface area (Å²) in [5, 5.41) is 0. The van der Waals surface area contributed by atoms with Gasteiger partial charge in [0, 0.05) is 0 Å². The molecule has 0 bridgehead atoms. The highest BCUT2D eigenvalue weighted by Crippen LogP contribution is 2.18. The standard InChI is InChI=1S/C9H10FNOS/c1-6(11-13)7-3-4-9(12-2)8(10)5-7/h3-5,13H,1-2H3. The van der Waals surface area contributed by atoms with Crippen LogP contribution in [0.15, 0.2) is 22.6 Å². The van der Waals surface area contributed by atoms with Gasteiger partial charge in [-0.25, -0.2) is 8.79 Å². The topological polar surface area (TPSA) is 21.6 Å². The molecule has 13 heavy (non-hydrogen) atoms. The average Bonchev–Trinajstić information content (AvgIpc) is 2.16. The van der Waals surface area contributed by atoms with E-state index in [9.17, 15) is 4.39 Å². The fourth-order valence-corrected chi connectivity index (χ4v) is 1.06. The first-order valence-corrected chi connectivity index (χ1v) is 4.11. The van der Waals surface area contributed by atoms with E-state index in [4.69, 9.17) is 4.74 Å². The number of rotatable bonds is 2. The molecule has 0 aliphatic heterocycles. The van der Waals surface area contributed by atoms with Gasteiger partial charge in [0.05, 0.1) is 12.8 Å². The molecule has 0 amide bonds. The molecule has 0 spiro atoms. The molecule has 0 radical (unpaired) electrons. The van der Waals surface area contributed by atoms with Crippen LogP contribution in [0, 0.1) is 5.82 Å². The third kappa shape index (κ3) is 2.21. The molecule has 2 nitrogen and oxygen atoms in total. The third-order valence-electron chi connectivity index (χ3n) is 1.72. The van der Waals surface area contributed by atoms with Crippen LogP contribution in [0.25, 0.3) is 0 Å². The van der Waals surface area contributed by atoms with Gasteiger partial charge >= 0.3 is 0 Å². The highest BCUT2D eigenvalue weighted by Gasteiger charge is 2.04. The Labute approximate surface area is 82.0 Å². The fourth-order valence-electron chi connectivity index (χ4n) is 0.949. The van der Waals surface area contributed by atoms with Gasteiger partial charge < -0.3 is 4.74 Å². The van der Waals surface area contributed by atoms with E-state index in [1.165, 1.54) is 13.2 Å². The van der Waals surface area contributed by atoms with Crippen LogP contribution in [0.5, 0.6) is 5.75 Å². The van der Waals surface area contributed by atoms with Gasteiger partial charge in [-0.1, -0.05) is 0 Å². The zero-order valence-electron chi connectivity index (χ0n) is 7.41. The molecule has 1 rings (SSSR count). The van der Waals surface area contributed by atoms with Gasteiger partial charge in [-0.2, -0.15) is 0 Å². The molecule has 0 N–H and O–H groups in total. The zero-order chi connectivity index (χ0) is 9.84. The lowest BCUT2D eigenvalue weighted by Crippen LogP contribution is -1.95. The van der Waals surface area contributed by atoms with Crippen LogP contribution in [-0.4, -0.2) is 12.8 Å². The van der Waals surface area contributed by atoms with Crippen LogP contribution >= 0.6 is 12.8 Å². The van der Waals surface area contributed by atoms with Gasteiger partial charge in [-0.05, 0) is 43.5 Å². The van der Waals surface area contributed by atoms with Crippen molar-refractivity contribution in [3.05, 3.63) is 29.6 Å². The Balaban J connectivity index is 3.10. The molecule has 0 aromatic heterocycles. The van der Waals surface area contributed by atoms with Crippen molar-refractivity contribution < 1.29 is 9.13 Å². The monoisotopic (exact) mass is 199 g/mol. The summed E-state index contributed by atoms with van der Waals surface area (Å²) >= 11 is 3.74. The number of hydrogen-bond acceptors (Lipinski definition) is 3. The van der Waals surface area contributed by atoms with Crippen molar-refractivity contribution in [1.29, 1.82) is 0 Å². The molecule has 0 aliphatic rings. The van der Waals surface area contributed by atoms with Crippen molar-refractivity contribution in [2.75, 3.05) is 7.11 Å². The minimum Gasteiger partial charge on any atom is -0.494 e. The van der Waals surface area contributed by atoms with Gasteiger partial charge in [0.25, 0.3) is 0 Å². The molecule has 0 unspecified atom stereocenters. The van der Waals surface area contributed by atoms with Gasteiger partial charge in [-0.3, -0.25) is 0 Å². The minimum atomic E-state index is -0.392. The molecule has 1 aromatic carbocycles. The number of benzene rings is 1. The van der Waals surface area contributed by atoms with E-state index in [2.05, 4.69) is 17.2 Å². The van der Waals surface area contributed by atoms with E-state index in [1.807, 2.05) is 0 Å². The van der Waals surface area contributed by atoms with E-state index in [1.54, 1.807) is 19.1 Å². The van der Waals surface area contributed by atoms with Crippen LogP contribution in [0.1, 0.15) is 12.5 Å². The maximum atomic E-state index is 13.1. The van der Waals surface area contributed by atoms with Crippen molar-refractivity contribution in [2.24, 2.45) is 4.40 Å². The fraction of sp³-hybridized carbons (Fsp3) is 0.222. The van der Waals surface area contributed by atoms with Crippen molar-refractivity contribution in [3.63, 3.8) is 0 Å². The smallest absolute Gasteiger partial charge is 0.165 e. The normalized spacial score (nSPS) is 11.5. The largest absolute Gasteiger partial charge is 0.494 e. The summed E-state index contributed by atoms with van der Waals surface area (Å²) in [7, 11) is 1.43. The Morgan fingerprint density at radius 3 is 2.69 bits per heavy atom. The second-order valence-electron chi connectivity index (χ2n) is 2.53. The van der Waals surface area contributed by atoms with Crippen LogP contribution in [0.4, 0.5) is 4.39 Å². The van der Waals surface area contributed by atoms with Crippen LogP contribution in [0.2, 0.25) is 0 Å². The number of nitrogens with zero attached hydrogens (tertiary/aromatic N) is 1. The molecule has 0 heterocycles. The number of halogens is 1. The molecular weight excluding hydrogens is 189 g/mol. The molecule has 0 saturated carbocycles. The highest BCUT2D eigenvalue weighted by molar-refractivity contribution is 7.79. The molecule has 70 valence electrons. The first kappa shape index (κ1) is 10.1. The summed E-state index contributed by atoms with van der Waals surface area (Å²) in [5.74, 6) is -0.160. The molecule has 1 aromatic rings. The number of ether oxygens (including phenoxy) is 1. The SMILES string of the molecule is COc1ccc(C(C)=NS)cc1F. The van der Waals surface area contributed by atoms with Crippen LogP contribution in [0.3, 0.4) is 0 Å². The Hall–Kier alpha value is -1.03. The Kier molecular flexibility index (Phi) is 3.31. The Bertz CT molecular complexity index is 338.